The van der Waals surface area contributed by atoms with Gasteiger partial charge in [-0.2, -0.15) is 10.2 Å². The van der Waals surface area contributed by atoms with Gasteiger partial charge in [0.25, 0.3) is 0 Å². The van der Waals surface area contributed by atoms with Crippen LogP contribution in [-0.4, -0.2) is 30.6 Å². The van der Waals surface area contributed by atoms with Crippen LogP contribution in [0.15, 0.2) is 18.5 Å². The van der Waals surface area contributed by atoms with Gasteiger partial charge in [-0.15, -0.1) is 0 Å². The predicted molar refractivity (Wildman–Crippen MR) is 52.4 cm³/mol. The van der Waals surface area contributed by atoms with Crippen LogP contribution < -0.4 is 0 Å². The van der Waals surface area contributed by atoms with Crippen molar-refractivity contribution >= 4 is 5.97 Å². The van der Waals surface area contributed by atoms with Crippen LogP contribution in [0.1, 0.15) is 10.4 Å². The van der Waals surface area contributed by atoms with Gasteiger partial charge >= 0.3 is 5.97 Å². The van der Waals surface area contributed by atoms with Gasteiger partial charge in [0.05, 0.1) is 6.20 Å². The van der Waals surface area contributed by atoms with Gasteiger partial charge in [0, 0.05) is 20.3 Å². The van der Waals surface area contributed by atoms with E-state index in [4.69, 9.17) is 5.11 Å². The van der Waals surface area contributed by atoms with Crippen LogP contribution in [0.3, 0.4) is 0 Å². The Morgan fingerprint density at radius 3 is 2.73 bits per heavy atom. The lowest BCUT2D eigenvalue weighted by Crippen LogP contribution is -2.01. The zero-order valence-corrected chi connectivity index (χ0v) is 8.38. The van der Waals surface area contributed by atoms with E-state index >= 15 is 0 Å². The van der Waals surface area contributed by atoms with Crippen molar-refractivity contribution in [1.82, 2.24) is 19.6 Å². The van der Waals surface area contributed by atoms with E-state index in [-0.39, 0.29) is 5.56 Å². The molecule has 0 amide bonds. The molecule has 0 fully saturated rings. The summed E-state index contributed by atoms with van der Waals surface area (Å²) < 4.78 is 3.12. The Labute approximate surface area is 85.8 Å². The van der Waals surface area contributed by atoms with E-state index in [1.54, 1.807) is 31.0 Å². The highest BCUT2D eigenvalue weighted by atomic mass is 16.4. The Morgan fingerprint density at radius 2 is 2.20 bits per heavy atom. The second kappa shape index (κ2) is 3.23. The van der Waals surface area contributed by atoms with Crippen LogP contribution in [-0.2, 0) is 14.1 Å². The molecule has 2 aromatic heterocycles. The number of aryl methyl sites for hydroxylation is 2. The molecular formula is C9H10N4O2. The van der Waals surface area contributed by atoms with Gasteiger partial charge in [-0.1, -0.05) is 0 Å². The topological polar surface area (TPSA) is 72.9 Å². The summed E-state index contributed by atoms with van der Waals surface area (Å²) in [6.45, 7) is 0. The van der Waals surface area contributed by atoms with E-state index in [0.717, 1.165) is 0 Å². The molecule has 6 nitrogen and oxygen atoms in total. The Bertz CT molecular complexity index is 512. The van der Waals surface area contributed by atoms with Crippen LogP contribution >= 0.6 is 0 Å². The summed E-state index contributed by atoms with van der Waals surface area (Å²) in [5.41, 5.74) is 1.29. The molecule has 15 heavy (non-hydrogen) atoms. The molecular weight excluding hydrogens is 196 g/mol. The SMILES string of the molecule is Cn1ccc(-c2c(C(=O)O)cnn2C)n1. The number of aromatic carboxylic acids is 1. The van der Waals surface area contributed by atoms with E-state index in [2.05, 4.69) is 10.2 Å². The molecule has 0 atom stereocenters. The first-order valence-electron chi connectivity index (χ1n) is 4.35. The van der Waals surface area contributed by atoms with Crippen LogP contribution in [0.2, 0.25) is 0 Å². The van der Waals surface area contributed by atoms with Crippen LogP contribution in [0.5, 0.6) is 0 Å². The monoisotopic (exact) mass is 206 g/mol. The highest BCUT2D eigenvalue weighted by molar-refractivity contribution is 5.94. The lowest BCUT2D eigenvalue weighted by Gasteiger charge is -1.99. The van der Waals surface area contributed by atoms with Gasteiger partial charge in [-0.3, -0.25) is 9.36 Å². The summed E-state index contributed by atoms with van der Waals surface area (Å²) in [7, 11) is 3.47. The number of carboxylic acids is 1. The van der Waals surface area contributed by atoms with Gasteiger partial charge < -0.3 is 5.11 Å². The molecule has 0 spiro atoms. The zero-order valence-electron chi connectivity index (χ0n) is 8.38. The summed E-state index contributed by atoms with van der Waals surface area (Å²) in [6.07, 6.45) is 3.08. The maximum atomic E-state index is 10.9. The van der Waals surface area contributed by atoms with Crippen molar-refractivity contribution in [1.29, 1.82) is 0 Å². The molecule has 78 valence electrons. The second-order valence-electron chi connectivity index (χ2n) is 3.21. The van der Waals surface area contributed by atoms with E-state index in [0.29, 0.717) is 11.4 Å². The maximum Gasteiger partial charge on any atom is 0.339 e. The van der Waals surface area contributed by atoms with Crippen molar-refractivity contribution in [3.8, 4) is 11.4 Å². The Kier molecular flexibility index (Phi) is 2.03. The molecule has 0 radical (unpaired) electrons. The Morgan fingerprint density at radius 1 is 1.47 bits per heavy atom. The number of carbonyl (C=O) groups is 1. The zero-order chi connectivity index (χ0) is 11.0. The predicted octanol–water partition coefficient (Wildman–Crippen LogP) is 0.519. The molecule has 6 heteroatoms. The number of hydrogen-bond acceptors (Lipinski definition) is 3. The minimum Gasteiger partial charge on any atom is -0.478 e. The molecule has 0 bridgehead atoms. The average molecular weight is 206 g/mol. The fraction of sp³-hybridized carbons (Fsp3) is 0.222. The summed E-state index contributed by atoms with van der Waals surface area (Å²) in [5.74, 6) is -0.997. The van der Waals surface area contributed by atoms with Gasteiger partial charge in [-0.25, -0.2) is 4.79 Å². The van der Waals surface area contributed by atoms with Crippen LogP contribution in [0.25, 0.3) is 11.4 Å². The van der Waals surface area contributed by atoms with E-state index < -0.39 is 5.97 Å². The first kappa shape index (κ1) is 9.45. The van der Waals surface area contributed by atoms with Crippen molar-refractivity contribution in [2.24, 2.45) is 14.1 Å². The van der Waals surface area contributed by atoms with Gasteiger partial charge in [0.2, 0.25) is 0 Å². The second-order valence-corrected chi connectivity index (χ2v) is 3.21. The largest absolute Gasteiger partial charge is 0.478 e. The summed E-state index contributed by atoms with van der Waals surface area (Å²) in [5, 5.41) is 17.0. The maximum absolute atomic E-state index is 10.9. The molecule has 0 unspecified atom stereocenters. The summed E-state index contributed by atoms with van der Waals surface area (Å²) in [6, 6.07) is 1.75. The van der Waals surface area contributed by atoms with E-state index in [1.807, 2.05) is 0 Å². The number of aromatic nitrogens is 4. The Balaban J connectivity index is 2.60. The van der Waals surface area contributed by atoms with E-state index in [9.17, 15) is 4.79 Å². The molecule has 2 rings (SSSR count). The van der Waals surface area contributed by atoms with Crippen molar-refractivity contribution < 1.29 is 9.90 Å². The molecule has 0 aromatic carbocycles. The van der Waals surface area contributed by atoms with Gasteiger partial charge in [0.15, 0.2) is 0 Å². The van der Waals surface area contributed by atoms with Gasteiger partial charge in [0.1, 0.15) is 17.0 Å². The smallest absolute Gasteiger partial charge is 0.339 e. The van der Waals surface area contributed by atoms with Crippen molar-refractivity contribution in [3.63, 3.8) is 0 Å². The molecule has 2 heterocycles. The average Bonchev–Trinajstić information content (AvgIpc) is 2.71. The molecule has 0 saturated heterocycles. The summed E-state index contributed by atoms with van der Waals surface area (Å²) in [4.78, 5) is 10.9. The first-order valence-corrected chi connectivity index (χ1v) is 4.35. The normalized spacial score (nSPS) is 10.5. The molecule has 0 saturated carbocycles. The molecule has 0 aliphatic heterocycles. The standard InChI is InChI=1S/C9H10N4O2/c1-12-4-3-7(11-12)8-6(9(14)15)5-10-13(8)2/h3-5H,1-2H3,(H,14,15). The molecule has 0 aliphatic rings. The number of rotatable bonds is 2. The third-order valence-corrected chi connectivity index (χ3v) is 2.13. The van der Waals surface area contributed by atoms with Crippen molar-refractivity contribution in [3.05, 3.63) is 24.0 Å². The van der Waals surface area contributed by atoms with Crippen molar-refractivity contribution in [2.75, 3.05) is 0 Å². The molecule has 2 aromatic rings. The minimum absolute atomic E-state index is 0.163. The third-order valence-electron chi connectivity index (χ3n) is 2.13. The van der Waals surface area contributed by atoms with Gasteiger partial charge in [-0.05, 0) is 6.07 Å². The summed E-state index contributed by atoms with van der Waals surface area (Å²) >= 11 is 0. The molecule has 0 aliphatic carbocycles. The highest BCUT2D eigenvalue weighted by Gasteiger charge is 2.18. The fourth-order valence-electron chi connectivity index (χ4n) is 1.44. The third kappa shape index (κ3) is 1.50. The fourth-order valence-corrected chi connectivity index (χ4v) is 1.44. The number of nitrogens with zero attached hydrogens (tertiary/aromatic N) is 4. The lowest BCUT2D eigenvalue weighted by molar-refractivity contribution is 0.0697. The minimum atomic E-state index is -0.997. The molecule has 1 N–H and O–H groups in total. The highest BCUT2D eigenvalue weighted by Crippen LogP contribution is 2.20. The Hall–Kier alpha value is -2.11. The van der Waals surface area contributed by atoms with Crippen LogP contribution in [0, 0.1) is 0 Å². The van der Waals surface area contributed by atoms with Crippen LogP contribution in [0.4, 0.5) is 0 Å². The number of carboxylic acid groups (broad SMARTS) is 1. The number of hydrogen-bond donors (Lipinski definition) is 1. The van der Waals surface area contributed by atoms with E-state index in [1.165, 1.54) is 10.9 Å². The van der Waals surface area contributed by atoms with Crippen molar-refractivity contribution in [2.45, 2.75) is 0 Å². The first-order chi connectivity index (χ1) is 7.09. The lowest BCUT2D eigenvalue weighted by atomic mass is 10.2. The quantitative estimate of drug-likeness (QED) is 0.777.